The van der Waals surface area contributed by atoms with E-state index in [4.69, 9.17) is 9.47 Å². The van der Waals surface area contributed by atoms with E-state index < -0.39 is 10.0 Å². The van der Waals surface area contributed by atoms with Crippen LogP contribution in [0.2, 0.25) is 0 Å². The van der Waals surface area contributed by atoms with Gasteiger partial charge in [-0.2, -0.15) is 4.31 Å². The summed E-state index contributed by atoms with van der Waals surface area (Å²) in [6.07, 6.45) is 0.754. The minimum atomic E-state index is -3.59. The molecule has 0 N–H and O–H groups in total. The number of hydrogen-bond donors (Lipinski definition) is 0. The molecule has 23 heavy (non-hydrogen) atoms. The summed E-state index contributed by atoms with van der Waals surface area (Å²) in [5.74, 6) is 0.924. The Labute approximate surface area is 140 Å². The number of thiophene rings is 1. The summed E-state index contributed by atoms with van der Waals surface area (Å²) in [6, 6.07) is 6.55. The van der Waals surface area contributed by atoms with Gasteiger partial charge in [0.1, 0.15) is 0 Å². The monoisotopic (exact) mass is 353 g/mol. The van der Waals surface area contributed by atoms with Crippen molar-refractivity contribution in [2.75, 3.05) is 20.8 Å². The van der Waals surface area contributed by atoms with E-state index in [0.717, 1.165) is 12.0 Å². The first-order valence-corrected chi connectivity index (χ1v) is 9.61. The summed E-state index contributed by atoms with van der Waals surface area (Å²) in [6.45, 7) is 2.42. The summed E-state index contributed by atoms with van der Waals surface area (Å²) in [5.41, 5.74) is 1.10. The predicted molar refractivity (Wildman–Crippen MR) is 89.9 cm³/mol. The van der Waals surface area contributed by atoms with Crippen molar-refractivity contribution in [2.45, 2.75) is 24.3 Å². The topological polar surface area (TPSA) is 55.8 Å². The number of nitrogens with zero attached hydrogens (tertiary/aromatic N) is 1. The van der Waals surface area contributed by atoms with Crippen LogP contribution < -0.4 is 9.47 Å². The van der Waals surface area contributed by atoms with Crippen molar-refractivity contribution >= 4 is 21.4 Å². The zero-order valence-electron chi connectivity index (χ0n) is 13.3. The number of benzene rings is 1. The van der Waals surface area contributed by atoms with Crippen LogP contribution in [-0.4, -0.2) is 33.5 Å². The van der Waals surface area contributed by atoms with Gasteiger partial charge in [-0.15, -0.1) is 11.3 Å². The molecule has 124 valence electrons. The predicted octanol–water partition coefficient (Wildman–Crippen LogP) is 3.07. The van der Waals surface area contributed by atoms with E-state index in [1.165, 1.54) is 25.2 Å². The van der Waals surface area contributed by atoms with Gasteiger partial charge in [0, 0.05) is 23.5 Å². The summed E-state index contributed by atoms with van der Waals surface area (Å²) in [4.78, 5) is 1.50. The van der Waals surface area contributed by atoms with E-state index in [-0.39, 0.29) is 10.9 Å². The molecule has 0 aliphatic carbocycles. The molecule has 1 aromatic heterocycles. The van der Waals surface area contributed by atoms with Gasteiger partial charge in [0.25, 0.3) is 0 Å². The Morgan fingerprint density at radius 3 is 2.61 bits per heavy atom. The molecule has 5 nitrogen and oxygen atoms in total. The number of sulfonamides is 1. The van der Waals surface area contributed by atoms with Crippen molar-refractivity contribution in [3.05, 3.63) is 40.1 Å². The third kappa shape index (κ3) is 2.73. The summed E-state index contributed by atoms with van der Waals surface area (Å²) in [5, 5.41) is 2.02. The van der Waals surface area contributed by atoms with Gasteiger partial charge in [-0.3, -0.25) is 0 Å². The van der Waals surface area contributed by atoms with Gasteiger partial charge in [-0.25, -0.2) is 8.42 Å². The molecule has 1 atom stereocenters. The van der Waals surface area contributed by atoms with Crippen molar-refractivity contribution < 1.29 is 17.9 Å². The van der Waals surface area contributed by atoms with Crippen molar-refractivity contribution in [3.8, 4) is 11.5 Å². The molecule has 0 saturated carbocycles. The summed E-state index contributed by atoms with van der Waals surface area (Å²) >= 11 is 1.69. The van der Waals surface area contributed by atoms with Crippen molar-refractivity contribution in [3.63, 3.8) is 0 Å². The SMILES string of the molecule is COc1ccc(S(=O)(=O)N2CCc3sccc3[C@H]2C)cc1OC. The van der Waals surface area contributed by atoms with E-state index in [9.17, 15) is 8.42 Å². The fourth-order valence-corrected chi connectivity index (χ4v) is 5.52. The fraction of sp³-hybridized carbons (Fsp3) is 0.375. The van der Waals surface area contributed by atoms with E-state index in [1.807, 2.05) is 18.4 Å². The van der Waals surface area contributed by atoms with Crippen LogP contribution in [0.25, 0.3) is 0 Å². The van der Waals surface area contributed by atoms with E-state index in [1.54, 1.807) is 27.8 Å². The normalized spacial score (nSPS) is 18.5. The van der Waals surface area contributed by atoms with Gasteiger partial charge in [0.15, 0.2) is 11.5 Å². The Bertz CT molecular complexity index is 813. The Hall–Kier alpha value is -1.57. The van der Waals surface area contributed by atoms with Crippen LogP contribution in [0.1, 0.15) is 23.4 Å². The minimum absolute atomic E-state index is 0.164. The third-order valence-electron chi connectivity index (χ3n) is 4.18. The lowest BCUT2D eigenvalue weighted by molar-refractivity contribution is 0.328. The number of methoxy groups -OCH3 is 2. The lowest BCUT2D eigenvalue weighted by atomic mass is 10.0. The molecule has 1 aliphatic heterocycles. The summed E-state index contributed by atoms with van der Waals surface area (Å²) < 4.78 is 38.0. The molecule has 1 aliphatic rings. The van der Waals surface area contributed by atoms with Crippen LogP contribution in [0.3, 0.4) is 0 Å². The van der Waals surface area contributed by atoms with Crippen LogP contribution in [-0.2, 0) is 16.4 Å². The van der Waals surface area contributed by atoms with Gasteiger partial charge < -0.3 is 9.47 Å². The zero-order chi connectivity index (χ0) is 16.6. The molecule has 0 spiro atoms. The first kappa shape index (κ1) is 16.3. The largest absolute Gasteiger partial charge is 0.493 e. The molecule has 2 aromatic rings. The van der Waals surface area contributed by atoms with Crippen molar-refractivity contribution in [1.29, 1.82) is 0 Å². The highest BCUT2D eigenvalue weighted by molar-refractivity contribution is 7.89. The zero-order valence-corrected chi connectivity index (χ0v) is 14.9. The molecule has 2 heterocycles. The summed E-state index contributed by atoms with van der Waals surface area (Å²) in [7, 11) is -0.567. The second-order valence-corrected chi connectivity index (χ2v) is 8.25. The molecule has 0 saturated heterocycles. The standard InChI is InChI=1S/C16H19NO4S2/c1-11-13-7-9-22-16(13)6-8-17(11)23(18,19)12-4-5-14(20-2)15(10-12)21-3/h4-5,7,9-11H,6,8H2,1-3H3/t11-/m1/s1. The van der Waals surface area contributed by atoms with E-state index in [2.05, 4.69) is 0 Å². The Morgan fingerprint density at radius 1 is 1.17 bits per heavy atom. The smallest absolute Gasteiger partial charge is 0.243 e. The maximum Gasteiger partial charge on any atom is 0.243 e. The van der Waals surface area contributed by atoms with Crippen LogP contribution >= 0.6 is 11.3 Å². The average Bonchev–Trinajstić information content (AvgIpc) is 3.03. The lowest BCUT2D eigenvalue weighted by Gasteiger charge is -2.32. The second-order valence-electron chi connectivity index (χ2n) is 5.36. The van der Waals surface area contributed by atoms with E-state index >= 15 is 0 Å². The first-order chi connectivity index (χ1) is 11.0. The highest BCUT2D eigenvalue weighted by Gasteiger charge is 2.34. The molecule has 7 heteroatoms. The molecule has 0 fully saturated rings. The van der Waals surface area contributed by atoms with Crippen molar-refractivity contribution in [1.82, 2.24) is 4.31 Å². The van der Waals surface area contributed by atoms with E-state index in [0.29, 0.717) is 18.0 Å². The molecular formula is C16H19NO4S2. The first-order valence-electron chi connectivity index (χ1n) is 7.29. The van der Waals surface area contributed by atoms with Gasteiger partial charge in [-0.1, -0.05) is 0 Å². The number of hydrogen-bond acceptors (Lipinski definition) is 5. The highest BCUT2D eigenvalue weighted by Crippen LogP contribution is 2.38. The molecule has 1 aromatic carbocycles. The van der Waals surface area contributed by atoms with Crippen molar-refractivity contribution in [2.24, 2.45) is 0 Å². The van der Waals surface area contributed by atoms with Crippen LogP contribution in [0.15, 0.2) is 34.5 Å². The Balaban J connectivity index is 1.99. The second kappa shape index (κ2) is 6.14. The molecular weight excluding hydrogens is 334 g/mol. The van der Waals surface area contributed by atoms with Gasteiger partial charge in [0.05, 0.1) is 19.1 Å². The highest BCUT2D eigenvalue weighted by atomic mass is 32.2. The van der Waals surface area contributed by atoms with Gasteiger partial charge in [-0.05, 0) is 42.5 Å². The maximum absolute atomic E-state index is 13.0. The Kier molecular flexibility index (Phi) is 4.35. The average molecular weight is 353 g/mol. The minimum Gasteiger partial charge on any atom is -0.493 e. The van der Waals surface area contributed by atoms with Gasteiger partial charge in [0.2, 0.25) is 10.0 Å². The van der Waals surface area contributed by atoms with Crippen LogP contribution in [0, 0.1) is 0 Å². The third-order valence-corrected chi connectivity index (χ3v) is 7.15. The number of fused-ring (bicyclic) bond motifs is 1. The van der Waals surface area contributed by atoms with Crippen LogP contribution in [0.5, 0.6) is 11.5 Å². The quantitative estimate of drug-likeness (QED) is 0.848. The number of ether oxygens (including phenoxy) is 2. The van der Waals surface area contributed by atoms with Crippen LogP contribution in [0.4, 0.5) is 0 Å². The molecule has 0 bridgehead atoms. The lowest BCUT2D eigenvalue weighted by Crippen LogP contribution is -2.38. The van der Waals surface area contributed by atoms with Gasteiger partial charge >= 0.3 is 0 Å². The molecule has 0 amide bonds. The fourth-order valence-electron chi connectivity index (χ4n) is 2.93. The molecule has 3 rings (SSSR count). The molecule has 0 radical (unpaired) electrons. The molecule has 0 unspecified atom stereocenters. The maximum atomic E-state index is 13.0. The number of rotatable bonds is 4. The Morgan fingerprint density at radius 2 is 1.91 bits per heavy atom.